The van der Waals surface area contributed by atoms with Crippen LogP contribution in [0.5, 0.6) is 6.01 Å². The second-order valence-electron chi connectivity index (χ2n) is 12.0. The van der Waals surface area contributed by atoms with Crippen LogP contribution >= 0.6 is 34.5 Å². The molecular formula is C31H31Cl2F2N9OS. The highest BCUT2D eigenvalue weighted by atomic mass is 35.5. The Morgan fingerprint density at radius 3 is 2.87 bits per heavy atom. The van der Waals surface area contributed by atoms with Crippen LogP contribution < -0.4 is 21.1 Å². The third-order valence-electron chi connectivity index (χ3n) is 9.31. The maximum Gasteiger partial charge on any atom is 0.319 e. The van der Waals surface area contributed by atoms with Crippen LogP contribution in [0.15, 0.2) is 17.5 Å². The predicted molar refractivity (Wildman–Crippen MR) is 177 cm³/mol. The number of allylic oxidation sites excluding steroid dienone is 1. The number of nitrogens with two attached hydrogens (primary N) is 2. The van der Waals surface area contributed by atoms with Gasteiger partial charge in [-0.2, -0.15) is 20.3 Å². The van der Waals surface area contributed by atoms with Crippen molar-refractivity contribution in [3.05, 3.63) is 55.8 Å². The maximum atomic E-state index is 16.9. The normalized spacial score (nSPS) is 21.8. The number of aromatic nitrogens is 4. The first-order valence-corrected chi connectivity index (χ1v) is 16.7. The number of hydrogen-bond acceptors (Lipinski definition) is 10. The molecule has 10 nitrogen and oxygen atoms in total. The number of nitrogens with zero attached hydrogens (tertiary/aromatic N) is 7. The van der Waals surface area contributed by atoms with E-state index in [-0.39, 0.29) is 40.1 Å². The molecule has 240 valence electrons. The number of hydrogen-bond donors (Lipinski definition) is 2. The molecule has 0 bridgehead atoms. The number of nitriles is 1. The summed E-state index contributed by atoms with van der Waals surface area (Å²) in [6.45, 7) is 4.54. The number of thiophene rings is 1. The van der Waals surface area contributed by atoms with Gasteiger partial charge in [-0.25, -0.2) is 8.78 Å². The lowest BCUT2D eigenvalue weighted by molar-refractivity contribution is 0.107. The lowest BCUT2D eigenvalue weighted by atomic mass is 9.95. The van der Waals surface area contributed by atoms with Gasteiger partial charge in [-0.05, 0) is 44.4 Å². The fraction of sp³-hybridized carbons (Fsp3) is 0.419. The van der Waals surface area contributed by atoms with Crippen LogP contribution in [0.2, 0.25) is 10.0 Å². The number of alkyl halides is 1. The Labute approximate surface area is 278 Å². The van der Waals surface area contributed by atoms with Crippen molar-refractivity contribution in [2.24, 2.45) is 0 Å². The van der Waals surface area contributed by atoms with Crippen LogP contribution in [0.25, 0.3) is 16.5 Å². The Bertz CT molecular complexity index is 1940. The summed E-state index contributed by atoms with van der Waals surface area (Å²) in [6, 6.07) is 3.73. The molecule has 2 fully saturated rings. The van der Waals surface area contributed by atoms with Crippen LogP contribution in [0.1, 0.15) is 55.0 Å². The van der Waals surface area contributed by atoms with Crippen molar-refractivity contribution in [2.75, 3.05) is 42.6 Å². The molecule has 0 amide bonds. The Balaban J connectivity index is 1.37. The average Bonchev–Trinajstić information content (AvgIpc) is 3.71. The first-order valence-electron chi connectivity index (χ1n) is 15.1. The molecule has 46 heavy (non-hydrogen) atoms. The van der Waals surface area contributed by atoms with E-state index in [2.05, 4.69) is 21.1 Å². The van der Waals surface area contributed by atoms with Gasteiger partial charge in [-0.15, -0.1) is 11.3 Å². The molecule has 1 aromatic carbocycles. The summed E-state index contributed by atoms with van der Waals surface area (Å²) in [6.07, 6.45) is 3.58. The van der Waals surface area contributed by atoms with Crippen molar-refractivity contribution in [3.8, 4) is 12.1 Å². The zero-order valence-corrected chi connectivity index (χ0v) is 27.3. The van der Waals surface area contributed by atoms with Crippen molar-refractivity contribution in [3.63, 3.8) is 0 Å². The molecule has 3 aliphatic rings. The quantitative estimate of drug-likeness (QED) is 0.244. The van der Waals surface area contributed by atoms with Gasteiger partial charge in [0.2, 0.25) is 0 Å². The Hall–Kier alpha value is -3.70. The SMILES string of the molecule is C/C=C(\c1csc(N)c1C#N)c1c(Cl)cc2c(N3CCCn4nc(N)c(Cl)c4C3)nc(OC[C@@]34CCCN3C[C@H](F)C4)nc2c1F. The van der Waals surface area contributed by atoms with E-state index in [1.165, 1.54) is 11.3 Å². The smallest absolute Gasteiger partial charge is 0.319 e. The molecule has 3 aliphatic heterocycles. The summed E-state index contributed by atoms with van der Waals surface area (Å²) in [5, 5.41) is 17.0. The highest BCUT2D eigenvalue weighted by molar-refractivity contribution is 7.14. The molecule has 6 heterocycles. The predicted octanol–water partition coefficient (Wildman–Crippen LogP) is 6.19. The van der Waals surface area contributed by atoms with E-state index in [9.17, 15) is 9.65 Å². The minimum atomic E-state index is -0.929. The fourth-order valence-corrected chi connectivity index (χ4v) is 8.42. The van der Waals surface area contributed by atoms with Crippen molar-refractivity contribution in [2.45, 2.75) is 57.4 Å². The molecule has 0 unspecified atom stereocenters. The highest BCUT2D eigenvalue weighted by Gasteiger charge is 2.49. The van der Waals surface area contributed by atoms with E-state index in [1.54, 1.807) is 29.1 Å². The van der Waals surface area contributed by atoms with Crippen LogP contribution in [0, 0.1) is 17.1 Å². The fourth-order valence-electron chi connectivity index (χ4n) is 7.16. The number of benzene rings is 1. The largest absolute Gasteiger partial charge is 0.461 e. The summed E-state index contributed by atoms with van der Waals surface area (Å²) >= 11 is 14.6. The number of nitrogen functional groups attached to an aromatic ring is 2. The molecule has 15 heteroatoms. The van der Waals surface area contributed by atoms with Crippen LogP contribution in [0.3, 0.4) is 0 Å². The third-order valence-corrected chi connectivity index (χ3v) is 10.8. The van der Waals surface area contributed by atoms with Gasteiger partial charge in [-0.1, -0.05) is 29.3 Å². The first kappa shape index (κ1) is 30.9. The van der Waals surface area contributed by atoms with Gasteiger partial charge in [-0.3, -0.25) is 9.58 Å². The lowest BCUT2D eigenvalue weighted by Gasteiger charge is -2.31. The summed E-state index contributed by atoms with van der Waals surface area (Å²) in [7, 11) is 0. The molecule has 4 N–H and O–H groups in total. The second kappa shape index (κ2) is 11.8. The van der Waals surface area contributed by atoms with Crippen molar-refractivity contribution in [1.82, 2.24) is 24.6 Å². The third kappa shape index (κ3) is 5.02. The second-order valence-corrected chi connectivity index (χ2v) is 13.7. The Morgan fingerprint density at radius 2 is 2.09 bits per heavy atom. The summed E-state index contributed by atoms with van der Waals surface area (Å²) in [4.78, 5) is 13.5. The van der Waals surface area contributed by atoms with Gasteiger partial charge in [0, 0.05) is 47.9 Å². The molecule has 0 aliphatic carbocycles. The average molecular weight is 687 g/mol. The number of anilines is 3. The number of ether oxygens (including phenoxy) is 1. The number of aryl methyl sites for hydroxylation is 1. The molecule has 2 atom stereocenters. The first-order chi connectivity index (χ1) is 22.1. The molecule has 3 aromatic heterocycles. The Kier molecular flexibility index (Phi) is 7.95. The summed E-state index contributed by atoms with van der Waals surface area (Å²) in [5.41, 5.74) is 13.6. The van der Waals surface area contributed by atoms with Crippen LogP contribution in [-0.4, -0.2) is 62.6 Å². The lowest BCUT2D eigenvalue weighted by Crippen LogP contribution is -2.43. The standard InChI is InChI=1S/C31H31Cl2F2N9OS/c1-2-17(20-14-46-28(38)19(20)11-36)23-21(32)9-18-26(25(23)35)39-30(45-15-31-5-3-7-43(31)12-16(34)10-31)40-29(18)42-6-4-8-44-22(13-42)24(33)27(37)41-44/h2,9,14,16H,3-8,10,12-13,15,38H2,1H3,(H2,37,41)/b17-2+/t16-,31+/m1/s1. The minimum absolute atomic E-state index is 0.000562. The van der Waals surface area contributed by atoms with Crippen molar-refractivity contribution < 1.29 is 13.5 Å². The van der Waals surface area contributed by atoms with Gasteiger partial charge in [0.05, 0.1) is 28.4 Å². The zero-order chi connectivity index (χ0) is 32.3. The molecule has 0 radical (unpaired) electrons. The van der Waals surface area contributed by atoms with Gasteiger partial charge >= 0.3 is 6.01 Å². The van der Waals surface area contributed by atoms with Gasteiger partial charge in [0.15, 0.2) is 11.6 Å². The minimum Gasteiger partial charge on any atom is -0.461 e. The topological polar surface area (TPSA) is 135 Å². The maximum absolute atomic E-state index is 16.9. The van der Waals surface area contributed by atoms with E-state index in [4.69, 9.17) is 44.4 Å². The molecule has 4 aromatic rings. The number of fused-ring (bicyclic) bond motifs is 3. The molecule has 0 spiro atoms. The number of rotatable bonds is 6. The molecule has 7 rings (SSSR count). The number of halogens is 4. The molecule has 0 saturated carbocycles. The zero-order valence-electron chi connectivity index (χ0n) is 25.0. The van der Waals surface area contributed by atoms with Gasteiger partial charge < -0.3 is 21.1 Å². The van der Waals surface area contributed by atoms with E-state index < -0.39 is 17.5 Å². The van der Waals surface area contributed by atoms with Crippen molar-refractivity contribution in [1.29, 1.82) is 5.26 Å². The van der Waals surface area contributed by atoms with Gasteiger partial charge in [0.25, 0.3) is 0 Å². The summed E-state index contributed by atoms with van der Waals surface area (Å²) < 4.78 is 39.4. The monoisotopic (exact) mass is 685 g/mol. The van der Waals surface area contributed by atoms with Crippen LogP contribution in [-0.2, 0) is 13.1 Å². The highest BCUT2D eigenvalue weighted by Crippen LogP contribution is 2.43. The summed E-state index contributed by atoms with van der Waals surface area (Å²) in [5.74, 6) is -0.0430. The van der Waals surface area contributed by atoms with Crippen molar-refractivity contribution >= 4 is 67.7 Å². The van der Waals surface area contributed by atoms with E-state index in [1.807, 2.05) is 4.90 Å². The van der Waals surface area contributed by atoms with E-state index >= 15 is 4.39 Å². The van der Waals surface area contributed by atoms with Crippen LogP contribution in [0.4, 0.5) is 25.4 Å². The van der Waals surface area contributed by atoms with Gasteiger partial charge in [0.1, 0.15) is 40.2 Å². The van der Waals surface area contributed by atoms with E-state index in [0.29, 0.717) is 77.1 Å². The molecule has 2 saturated heterocycles. The van der Waals surface area contributed by atoms with E-state index in [0.717, 1.165) is 19.4 Å². The molecular weight excluding hydrogens is 655 g/mol. The Morgan fingerprint density at radius 1 is 1.26 bits per heavy atom.